The number of alkyl halides is 18. The van der Waals surface area contributed by atoms with Gasteiger partial charge in [-0.05, 0) is 183 Å². The van der Waals surface area contributed by atoms with E-state index in [9.17, 15) is 79.0 Å². The Hall–Kier alpha value is -14.8. The van der Waals surface area contributed by atoms with Crippen molar-refractivity contribution >= 4 is 54.3 Å². The number of halogens is 18. The summed E-state index contributed by atoms with van der Waals surface area (Å²) in [6.07, 6.45) is -14.7. The number of aryl methyl sites for hydroxylation is 4. The number of hydrogen-bond donors (Lipinski definition) is 0. The maximum atomic E-state index is 12.3. The third kappa shape index (κ3) is 44.6. The first-order chi connectivity index (χ1) is 62.9. The zero-order valence-corrected chi connectivity index (χ0v) is 78.4. The van der Waals surface area contributed by atoms with Crippen LogP contribution in [-0.2, 0) is 155 Å². The van der Waals surface area contributed by atoms with Gasteiger partial charge >= 0.3 is 116 Å². The predicted molar refractivity (Wildman–Crippen MR) is 420 cm³/mol. The van der Waals surface area contributed by atoms with Gasteiger partial charge in [0.15, 0.2) is 0 Å². The second-order valence-corrected chi connectivity index (χ2v) is 22.5. The summed E-state index contributed by atoms with van der Waals surface area (Å²) < 4.78 is 220. The molecule has 712 valence electrons. The number of nitrogens with zero attached hydrogens (tertiary/aromatic N) is 28. The zero-order chi connectivity index (χ0) is 99.9. The summed E-state index contributed by atoms with van der Waals surface area (Å²) >= 11 is 0. The van der Waals surface area contributed by atoms with E-state index < -0.39 is 71.5 Å². The maximum absolute atomic E-state index is 12.3. The standard InChI is InChI=1S/2C10H7F3N3.2C9H5F3N3.2C8H4F3N4.2C8H7N4.8CHO.4Os/c2*1-6-2-3-14-7(4-6)8-5-9(16-15-8)10(11,12)13;2*10-9(11,12)8-5-7(14-15-8)6-3-1-2-4-13-6;2*9-8(10,11)7-13-6(14-15-7)5-3-1-2-4-12-5;2*1-6-10-8(12-11-6)7-4-2-3-5-9-7;8*1-2;;;;/h2*2-5H,1H3;2*1-5H;2*1-4H;2*2-5H,1H3;8*1H;;;;/q16*-1;4*+4. The molecular weight excluding hydrogens is 2560 g/mol. The van der Waals surface area contributed by atoms with E-state index in [1.165, 1.54) is 49.3 Å². The van der Waals surface area contributed by atoms with Crippen molar-refractivity contribution in [3.63, 3.8) is 0 Å². The SMILES string of the molecule is Cc1ccnc(-c2cc(C(F)(F)F)n[n-]2)c1.Cc1ccnc(-c2cc(C(F)(F)F)n[n-]2)c1.Cc1n[n-]c(-c2ccccn2)n1.Cc1n[n-]c(-c2ccccn2)n1.FC(F)(F)c1cc(-c2ccccn2)[n-]n1.FC(F)(F)c1cc(-c2ccccn2)[n-]n1.FC(F)(F)c1n[n-]c(-c2ccccn2)n1.FC(F)(F)c1n[n-]c(-c2ccccn2)n1.[CH-]=O.[CH-]=O.[CH-]=O.[CH-]=O.[CH-]=O.[CH-]=O.[CH-]=O.[CH-]=O.[Os+4].[Os+4].[Os+4].[Os+4]. The topological polar surface area (TPSA) is 507 Å². The van der Waals surface area contributed by atoms with Gasteiger partial charge in [-0.25, -0.2) is 0 Å². The molecule has 16 aromatic rings. The van der Waals surface area contributed by atoms with E-state index in [1.807, 2.05) is 50.2 Å². The van der Waals surface area contributed by atoms with Crippen molar-refractivity contribution < 1.29 is 197 Å². The van der Waals surface area contributed by atoms with Gasteiger partial charge in [0, 0.05) is 84.0 Å². The van der Waals surface area contributed by atoms with Crippen molar-refractivity contribution in [1.29, 1.82) is 0 Å². The average Bonchev–Trinajstić information content (AvgIpc) is 1.70. The maximum Gasteiger partial charge on any atom is 4.00 e. The van der Waals surface area contributed by atoms with E-state index >= 15 is 0 Å². The molecule has 58 heteroatoms. The van der Waals surface area contributed by atoms with E-state index in [0.29, 0.717) is 46.1 Å². The van der Waals surface area contributed by atoms with E-state index in [1.54, 1.807) is 111 Å². The number of hydrogen-bond acceptors (Lipinski definition) is 28. The second-order valence-electron chi connectivity index (χ2n) is 22.5. The molecule has 0 unspecified atom stereocenters. The molecule has 16 aromatic heterocycles. The summed E-state index contributed by atoms with van der Waals surface area (Å²) in [4.78, 5) is 108. The molecular formula is C78H54F18N28O8Os4. The molecule has 0 spiro atoms. The fourth-order valence-corrected chi connectivity index (χ4v) is 8.38. The average molecular weight is 2610 g/mol. The molecule has 0 N–H and O–H groups in total. The quantitative estimate of drug-likeness (QED) is 0.0774. The first kappa shape index (κ1) is 128. The third-order valence-corrected chi connectivity index (χ3v) is 13.6. The summed E-state index contributed by atoms with van der Waals surface area (Å²) in [5.74, 6) is -0.204. The van der Waals surface area contributed by atoms with Gasteiger partial charge in [0.25, 0.3) is 0 Å². The molecule has 0 bridgehead atoms. The molecule has 136 heavy (non-hydrogen) atoms. The third-order valence-electron chi connectivity index (χ3n) is 13.6. The Morgan fingerprint density at radius 2 is 0.412 bits per heavy atom. The molecule has 0 aliphatic rings. The van der Waals surface area contributed by atoms with Crippen molar-refractivity contribution in [1.82, 2.24) is 141 Å². The minimum absolute atomic E-state index is 0. The van der Waals surface area contributed by atoms with Gasteiger partial charge < -0.3 is 119 Å². The molecule has 0 atom stereocenters. The van der Waals surface area contributed by atoms with E-state index in [-0.39, 0.29) is 125 Å². The zero-order valence-electron chi connectivity index (χ0n) is 68.3. The van der Waals surface area contributed by atoms with Gasteiger partial charge in [-0.3, -0.25) is 115 Å². The second kappa shape index (κ2) is 65.8. The van der Waals surface area contributed by atoms with Crippen LogP contribution in [0.1, 0.15) is 57.2 Å². The Morgan fingerprint density at radius 1 is 0.213 bits per heavy atom. The minimum Gasteiger partial charge on any atom is -0.573 e. The molecule has 0 saturated carbocycles. The smallest absolute Gasteiger partial charge is 0.573 e. The minimum atomic E-state index is -4.57. The van der Waals surface area contributed by atoms with Gasteiger partial charge in [0.2, 0.25) is 0 Å². The van der Waals surface area contributed by atoms with Crippen LogP contribution in [0.2, 0.25) is 0 Å². The Bertz CT molecular complexity index is 5290. The van der Waals surface area contributed by atoms with Crippen molar-refractivity contribution in [3.8, 4) is 91.6 Å². The fourth-order valence-electron chi connectivity index (χ4n) is 8.38. The van der Waals surface area contributed by atoms with Crippen LogP contribution in [0.3, 0.4) is 0 Å². The fraction of sp³-hybridized carbons (Fsp3) is 0.128. The molecule has 16 heterocycles. The van der Waals surface area contributed by atoms with Crippen molar-refractivity contribution in [2.24, 2.45) is 0 Å². The van der Waals surface area contributed by atoms with Crippen molar-refractivity contribution in [3.05, 3.63) is 265 Å². The Morgan fingerprint density at radius 3 is 0.581 bits per heavy atom. The van der Waals surface area contributed by atoms with Gasteiger partial charge in [-0.1, -0.05) is 59.2 Å². The molecule has 0 aliphatic heterocycles. The summed E-state index contributed by atoms with van der Waals surface area (Å²) in [5, 5.41) is 53.8. The van der Waals surface area contributed by atoms with Crippen LogP contribution in [0.5, 0.6) is 0 Å². The normalized spacial score (nSPS) is 9.93. The van der Waals surface area contributed by atoms with Crippen LogP contribution in [0.25, 0.3) is 91.6 Å². The van der Waals surface area contributed by atoms with Crippen LogP contribution < -0.4 is 40.8 Å². The van der Waals surface area contributed by atoms with Crippen LogP contribution in [0, 0.1) is 27.7 Å². The number of rotatable bonds is 8. The first-order valence-corrected chi connectivity index (χ1v) is 34.0. The van der Waals surface area contributed by atoms with Gasteiger partial charge in [0.1, 0.15) is 34.4 Å². The number of pyridine rings is 8. The summed E-state index contributed by atoms with van der Waals surface area (Å²) in [6.45, 7) is 33.3. The predicted octanol–water partition coefficient (Wildman–Crippen LogP) is 11.5. The molecule has 0 fully saturated rings. The molecule has 0 saturated heterocycles. The largest absolute Gasteiger partial charge is 4.00 e. The van der Waals surface area contributed by atoms with Crippen LogP contribution in [-0.4, -0.2) is 155 Å². The molecule has 36 nitrogen and oxygen atoms in total. The van der Waals surface area contributed by atoms with E-state index in [2.05, 4.69) is 196 Å². The molecule has 16 rings (SSSR count). The van der Waals surface area contributed by atoms with Gasteiger partial charge in [-0.2, -0.15) is 79.0 Å². The first-order valence-electron chi connectivity index (χ1n) is 34.0. The molecule has 0 aromatic carbocycles. The van der Waals surface area contributed by atoms with Crippen LogP contribution in [0.4, 0.5) is 79.0 Å². The van der Waals surface area contributed by atoms with Crippen molar-refractivity contribution in [2.45, 2.75) is 64.8 Å². The summed E-state index contributed by atoms with van der Waals surface area (Å²) in [5.41, 5.74) is 1.94. The van der Waals surface area contributed by atoms with E-state index in [0.717, 1.165) is 46.8 Å². The Balaban J connectivity index is -0.000000714. The van der Waals surface area contributed by atoms with Gasteiger partial charge in [-0.15, -0.1) is 0 Å². The summed E-state index contributed by atoms with van der Waals surface area (Å²) in [7, 11) is 0. The molecule has 0 radical (unpaired) electrons. The molecule has 0 amide bonds. The number of aromatic nitrogens is 28. The molecule has 0 aliphatic carbocycles. The number of carbonyl (C=O) groups excluding carboxylic acids is 8. The van der Waals surface area contributed by atoms with Crippen molar-refractivity contribution in [2.75, 3.05) is 0 Å². The van der Waals surface area contributed by atoms with E-state index in [4.69, 9.17) is 38.4 Å². The van der Waals surface area contributed by atoms with Gasteiger partial charge in [0.05, 0.1) is 22.8 Å². The summed E-state index contributed by atoms with van der Waals surface area (Å²) in [6, 6.07) is 41.0. The van der Waals surface area contributed by atoms with Crippen LogP contribution in [0.15, 0.2) is 207 Å². The Kier molecular flexibility index (Phi) is 61.7. The monoisotopic (exact) mass is 2620 g/mol. The van der Waals surface area contributed by atoms with Crippen LogP contribution >= 0.6 is 0 Å². The Labute approximate surface area is 808 Å².